The Morgan fingerprint density at radius 3 is 2.71 bits per heavy atom. The molecule has 0 aliphatic carbocycles. The summed E-state index contributed by atoms with van der Waals surface area (Å²) >= 11 is 1.68. The second kappa shape index (κ2) is 6.29. The minimum atomic E-state index is -0.266. The van der Waals surface area contributed by atoms with Gasteiger partial charge in [0, 0.05) is 17.9 Å². The number of hydrogen-bond acceptors (Lipinski definition) is 2. The minimum Gasteiger partial charge on any atom is -0.322 e. The monoisotopic (exact) mass is 337 g/mol. The maximum Gasteiger partial charge on any atom is 0.255 e. The van der Waals surface area contributed by atoms with Gasteiger partial charge in [-0.25, -0.2) is 4.39 Å². The van der Waals surface area contributed by atoms with Crippen molar-refractivity contribution < 1.29 is 9.18 Å². The van der Waals surface area contributed by atoms with Crippen LogP contribution in [0.2, 0.25) is 0 Å². The molecule has 3 aromatic rings. The second-order valence-electron chi connectivity index (χ2n) is 5.80. The number of nitrogens with zero attached hydrogens (tertiary/aromatic N) is 1. The summed E-state index contributed by atoms with van der Waals surface area (Å²) < 4.78 is 13.6. The highest BCUT2D eigenvalue weighted by Gasteiger charge is 2.32. The number of benzene rings is 3. The number of thioether (sulfide) groups is 1. The topological polar surface area (TPSA) is 20.3 Å². The smallest absolute Gasteiger partial charge is 0.255 e. The zero-order chi connectivity index (χ0) is 16.5. The van der Waals surface area contributed by atoms with Crippen LogP contribution in [-0.2, 0) is 0 Å². The summed E-state index contributed by atoms with van der Waals surface area (Å²) in [7, 11) is 0. The fourth-order valence-electron chi connectivity index (χ4n) is 3.18. The molecule has 0 unspecified atom stereocenters. The first kappa shape index (κ1) is 15.2. The molecule has 120 valence electrons. The van der Waals surface area contributed by atoms with Gasteiger partial charge < -0.3 is 4.90 Å². The van der Waals surface area contributed by atoms with Crippen LogP contribution in [0, 0.1) is 5.82 Å². The van der Waals surface area contributed by atoms with Crippen molar-refractivity contribution in [3.05, 3.63) is 83.7 Å². The van der Waals surface area contributed by atoms with E-state index in [4.69, 9.17) is 0 Å². The first-order valence-electron chi connectivity index (χ1n) is 7.90. The van der Waals surface area contributed by atoms with E-state index in [1.807, 2.05) is 53.4 Å². The van der Waals surface area contributed by atoms with Crippen LogP contribution in [0.1, 0.15) is 21.3 Å². The molecule has 0 spiro atoms. The van der Waals surface area contributed by atoms with E-state index >= 15 is 0 Å². The van der Waals surface area contributed by atoms with Crippen LogP contribution in [0.5, 0.6) is 0 Å². The molecule has 24 heavy (non-hydrogen) atoms. The largest absolute Gasteiger partial charge is 0.322 e. The lowest BCUT2D eigenvalue weighted by atomic mass is 10.0. The summed E-state index contributed by atoms with van der Waals surface area (Å²) in [6, 6.07) is 20.2. The van der Waals surface area contributed by atoms with E-state index in [-0.39, 0.29) is 17.1 Å². The Kier molecular flexibility index (Phi) is 3.98. The van der Waals surface area contributed by atoms with Crippen molar-refractivity contribution in [2.24, 2.45) is 0 Å². The molecule has 1 aliphatic rings. The summed E-state index contributed by atoms with van der Waals surface area (Å²) in [4.78, 5) is 15.0. The van der Waals surface area contributed by atoms with Gasteiger partial charge in [-0.3, -0.25) is 4.79 Å². The Morgan fingerprint density at radius 2 is 1.83 bits per heavy atom. The van der Waals surface area contributed by atoms with Gasteiger partial charge in [-0.05, 0) is 34.5 Å². The van der Waals surface area contributed by atoms with Crippen molar-refractivity contribution in [2.75, 3.05) is 12.3 Å². The molecule has 1 fully saturated rings. The second-order valence-corrected chi connectivity index (χ2v) is 6.99. The Morgan fingerprint density at radius 1 is 1.04 bits per heavy atom. The Balaban J connectivity index is 1.73. The van der Waals surface area contributed by atoms with Crippen LogP contribution in [0.15, 0.2) is 66.7 Å². The van der Waals surface area contributed by atoms with Crippen LogP contribution >= 0.6 is 11.8 Å². The van der Waals surface area contributed by atoms with Gasteiger partial charge in [0.1, 0.15) is 11.2 Å². The third kappa shape index (κ3) is 2.67. The van der Waals surface area contributed by atoms with Gasteiger partial charge in [0.05, 0.1) is 0 Å². The van der Waals surface area contributed by atoms with Gasteiger partial charge in [0.2, 0.25) is 0 Å². The first-order valence-corrected chi connectivity index (χ1v) is 8.95. The predicted octanol–water partition coefficient (Wildman–Crippen LogP) is 4.87. The molecule has 0 N–H and O–H groups in total. The summed E-state index contributed by atoms with van der Waals surface area (Å²) in [6.07, 6.45) is 0. The maximum atomic E-state index is 13.6. The quantitative estimate of drug-likeness (QED) is 0.665. The van der Waals surface area contributed by atoms with Crippen molar-refractivity contribution in [3.8, 4) is 0 Å². The lowest BCUT2D eigenvalue weighted by Crippen LogP contribution is -2.30. The summed E-state index contributed by atoms with van der Waals surface area (Å²) in [5.41, 5.74) is 1.54. The van der Waals surface area contributed by atoms with E-state index in [2.05, 4.69) is 0 Å². The molecule has 3 aromatic carbocycles. The Bertz CT molecular complexity index is 906. The number of hydrogen-bond donors (Lipinski definition) is 0. The number of fused-ring (bicyclic) bond motifs is 1. The number of amides is 1. The van der Waals surface area contributed by atoms with Crippen molar-refractivity contribution in [3.63, 3.8) is 0 Å². The molecule has 1 atom stereocenters. The van der Waals surface area contributed by atoms with Gasteiger partial charge >= 0.3 is 0 Å². The third-order valence-corrected chi connectivity index (χ3v) is 5.57. The molecule has 0 aromatic heterocycles. The molecule has 0 radical (unpaired) electrons. The van der Waals surface area contributed by atoms with Gasteiger partial charge in [-0.15, -0.1) is 11.8 Å². The van der Waals surface area contributed by atoms with E-state index in [1.54, 1.807) is 17.8 Å². The van der Waals surface area contributed by atoms with Crippen molar-refractivity contribution >= 4 is 28.4 Å². The molecule has 2 nitrogen and oxygen atoms in total. The number of carbonyl (C=O) groups is 1. The molecule has 0 bridgehead atoms. The van der Waals surface area contributed by atoms with Crippen LogP contribution in [0.3, 0.4) is 0 Å². The van der Waals surface area contributed by atoms with E-state index in [1.165, 1.54) is 12.1 Å². The number of rotatable bonds is 2. The SMILES string of the molecule is O=C(c1cccc2ccccc12)N1CCS[C@H]1c1cccc(F)c1. The van der Waals surface area contributed by atoms with E-state index in [0.717, 1.165) is 22.1 Å². The van der Waals surface area contributed by atoms with Gasteiger partial charge in [-0.1, -0.05) is 48.5 Å². The zero-order valence-corrected chi connectivity index (χ0v) is 13.8. The lowest BCUT2D eigenvalue weighted by Gasteiger charge is -2.25. The molecular formula is C20H16FNOS. The van der Waals surface area contributed by atoms with Crippen LogP contribution in [0.4, 0.5) is 4.39 Å². The molecule has 4 heteroatoms. The maximum absolute atomic E-state index is 13.6. The average Bonchev–Trinajstić information content (AvgIpc) is 3.10. The summed E-state index contributed by atoms with van der Waals surface area (Å²) in [5, 5.41) is 1.88. The highest BCUT2D eigenvalue weighted by atomic mass is 32.2. The first-order chi connectivity index (χ1) is 11.7. The molecule has 0 saturated carbocycles. The molecular weight excluding hydrogens is 321 g/mol. The van der Waals surface area contributed by atoms with Crippen LogP contribution in [-0.4, -0.2) is 23.1 Å². The predicted molar refractivity (Wildman–Crippen MR) is 96.6 cm³/mol. The summed E-state index contributed by atoms with van der Waals surface area (Å²) in [6.45, 7) is 0.675. The van der Waals surface area contributed by atoms with Crippen molar-refractivity contribution in [2.45, 2.75) is 5.37 Å². The molecule has 1 heterocycles. The molecule has 4 rings (SSSR count). The molecule has 1 aliphatic heterocycles. The Hall–Kier alpha value is -2.33. The van der Waals surface area contributed by atoms with Crippen LogP contribution < -0.4 is 0 Å². The number of carbonyl (C=O) groups excluding carboxylic acids is 1. The van der Waals surface area contributed by atoms with Crippen LogP contribution in [0.25, 0.3) is 10.8 Å². The van der Waals surface area contributed by atoms with E-state index in [0.29, 0.717) is 12.1 Å². The van der Waals surface area contributed by atoms with Crippen molar-refractivity contribution in [1.29, 1.82) is 0 Å². The van der Waals surface area contributed by atoms with E-state index in [9.17, 15) is 9.18 Å². The highest BCUT2D eigenvalue weighted by Crippen LogP contribution is 2.39. The lowest BCUT2D eigenvalue weighted by molar-refractivity contribution is 0.0762. The zero-order valence-electron chi connectivity index (χ0n) is 13.0. The highest BCUT2D eigenvalue weighted by molar-refractivity contribution is 7.99. The molecule has 1 amide bonds. The third-order valence-electron chi connectivity index (χ3n) is 4.31. The standard InChI is InChI=1S/C20H16FNOS/c21-16-8-3-7-15(13-16)20-22(11-12-24-20)19(23)18-10-4-6-14-5-1-2-9-17(14)18/h1-10,13,20H,11-12H2/t20-/m0/s1. The number of halogens is 1. The normalized spacial score (nSPS) is 17.4. The van der Waals surface area contributed by atoms with Gasteiger partial charge in [0.25, 0.3) is 5.91 Å². The fourth-order valence-corrected chi connectivity index (χ4v) is 4.43. The van der Waals surface area contributed by atoms with Gasteiger partial charge in [0.15, 0.2) is 0 Å². The minimum absolute atomic E-state index is 0.00561. The van der Waals surface area contributed by atoms with Gasteiger partial charge in [-0.2, -0.15) is 0 Å². The fraction of sp³-hybridized carbons (Fsp3) is 0.150. The van der Waals surface area contributed by atoms with Crippen molar-refractivity contribution in [1.82, 2.24) is 4.90 Å². The molecule has 1 saturated heterocycles. The average molecular weight is 337 g/mol. The Labute approximate surface area is 144 Å². The van der Waals surface area contributed by atoms with E-state index < -0.39 is 0 Å². The summed E-state index contributed by atoms with van der Waals surface area (Å²) in [5.74, 6) is 0.598.